The van der Waals surface area contributed by atoms with Gasteiger partial charge in [0.1, 0.15) is 0 Å². The molecule has 1 aromatic carbocycles. The Morgan fingerprint density at radius 2 is 2.05 bits per heavy atom. The van der Waals surface area contributed by atoms with E-state index in [1.807, 2.05) is 12.1 Å². The van der Waals surface area contributed by atoms with Gasteiger partial charge in [-0.3, -0.25) is 4.79 Å². The number of rotatable bonds is 4. The number of fused-ring (bicyclic) bond motifs is 1. The Morgan fingerprint density at radius 3 is 2.74 bits per heavy atom. The van der Waals surface area contributed by atoms with Crippen LogP contribution in [0.15, 0.2) is 24.3 Å². The van der Waals surface area contributed by atoms with E-state index in [4.69, 9.17) is 0 Å². The smallest absolute Gasteiger partial charge is 0.237 e. The zero-order valence-corrected chi connectivity index (χ0v) is 12.1. The highest BCUT2D eigenvalue weighted by molar-refractivity contribution is 5.82. The molecule has 3 nitrogen and oxygen atoms in total. The number of carbonyl (C=O) groups excluding carboxylic acids is 1. The van der Waals surface area contributed by atoms with Crippen molar-refractivity contribution in [1.29, 1.82) is 0 Å². The molecule has 2 unspecified atom stereocenters. The number of hydrogen-bond acceptors (Lipinski definition) is 2. The van der Waals surface area contributed by atoms with Gasteiger partial charge >= 0.3 is 0 Å². The highest BCUT2D eigenvalue weighted by Crippen LogP contribution is 2.16. The van der Waals surface area contributed by atoms with Crippen LogP contribution in [0.4, 0.5) is 0 Å². The van der Waals surface area contributed by atoms with Crippen LogP contribution in [0.5, 0.6) is 0 Å². The van der Waals surface area contributed by atoms with Gasteiger partial charge in [0.2, 0.25) is 5.91 Å². The van der Waals surface area contributed by atoms with E-state index in [0.717, 1.165) is 19.4 Å². The van der Waals surface area contributed by atoms with Crippen molar-refractivity contribution in [2.75, 3.05) is 0 Å². The van der Waals surface area contributed by atoms with Gasteiger partial charge in [0.05, 0.1) is 6.04 Å². The first-order valence-corrected chi connectivity index (χ1v) is 7.22. The second-order valence-electron chi connectivity index (χ2n) is 5.59. The van der Waals surface area contributed by atoms with Crippen molar-refractivity contribution < 1.29 is 4.79 Å². The summed E-state index contributed by atoms with van der Waals surface area (Å²) in [5.74, 6) is 0.641. The van der Waals surface area contributed by atoms with Crippen LogP contribution in [0.25, 0.3) is 0 Å². The van der Waals surface area contributed by atoms with Crippen molar-refractivity contribution in [3.05, 3.63) is 35.4 Å². The normalized spacial score (nSPS) is 21.3. The van der Waals surface area contributed by atoms with E-state index in [0.29, 0.717) is 5.92 Å². The lowest BCUT2D eigenvalue weighted by Crippen LogP contribution is -2.51. The molecule has 1 aliphatic rings. The molecular weight excluding hydrogens is 236 g/mol. The minimum absolute atomic E-state index is 0.0959. The van der Waals surface area contributed by atoms with E-state index >= 15 is 0 Å². The van der Waals surface area contributed by atoms with Crippen LogP contribution in [0.3, 0.4) is 0 Å². The Kier molecular flexibility index (Phi) is 4.59. The molecule has 1 aromatic rings. The van der Waals surface area contributed by atoms with E-state index in [1.165, 1.54) is 11.1 Å². The van der Waals surface area contributed by atoms with Crippen LogP contribution in [-0.2, 0) is 17.8 Å². The number of nitrogens with one attached hydrogen (secondary N) is 2. The van der Waals surface area contributed by atoms with Gasteiger partial charge in [0.25, 0.3) is 0 Å². The average molecular weight is 260 g/mol. The lowest BCUT2D eigenvalue weighted by atomic mass is 9.94. The molecule has 3 heteroatoms. The maximum Gasteiger partial charge on any atom is 0.237 e. The van der Waals surface area contributed by atoms with Gasteiger partial charge in [-0.1, -0.05) is 44.5 Å². The third-order valence-electron chi connectivity index (χ3n) is 4.27. The molecule has 1 heterocycles. The molecule has 0 radical (unpaired) electrons. The lowest BCUT2D eigenvalue weighted by molar-refractivity contribution is -0.124. The van der Waals surface area contributed by atoms with Crippen molar-refractivity contribution in [2.45, 2.75) is 52.2 Å². The van der Waals surface area contributed by atoms with E-state index in [-0.39, 0.29) is 18.0 Å². The van der Waals surface area contributed by atoms with Crippen LogP contribution in [0.2, 0.25) is 0 Å². The molecule has 1 aliphatic heterocycles. The first kappa shape index (κ1) is 14.1. The fourth-order valence-corrected chi connectivity index (χ4v) is 2.46. The van der Waals surface area contributed by atoms with Gasteiger partial charge in [0.15, 0.2) is 0 Å². The van der Waals surface area contributed by atoms with Crippen LogP contribution >= 0.6 is 0 Å². The molecule has 0 aliphatic carbocycles. The Labute approximate surface area is 115 Å². The first-order chi connectivity index (χ1) is 9.11. The monoisotopic (exact) mass is 260 g/mol. The molecule has 3 atom stereocenters. The van der Waals surface area contributed by atoms with Gasteiger partial charge in [-0.15, -0.1) is 0 Å². The largest absolute Gasteiger partial charge is 0.352 e. The quantitative estimate of drug-likeness (QED) is 0.872. The van der Waals surface area contributed by atoms with Gasteiger partial charge < -0.3 is 10.6 Å². The summed E-state index contributed by atoms with van der Waals surface area (Å²) in [5.41, 5.74) is 2.60. The van der Waals surface area contributed by atoms with Crippen molar-refractivity contribution >= 4 is 5.91 Å². The molecule has 0 spiro atoms. The summed E-state index contributed by atoms with van der Waals surface area (Å²) in [6, 6.07) is 8.47. The van der Waals surface area contributed by atoms with Crippen molar-refractivity contribution in [3.8, 4) is 0 Å². The molecule has 2 rings (SSSR count). The van der Waals surface area contributed by atoms with E-state index < -0.39 is 0 Å². The average Bonchev–Trinajstić information content (AvgIpc) is 2.45. The number of amides is 1. The molecule has 0 saturated carbocycles. The molecule has 19 heavy (non-hydrogen) atoms. The third kappa shape index (κ3) is 3.35. The summed E-state index contributed by atoms with van der Waals surface area (Å²) in [7, 11) is 0. The fourth-order valence-electron chi connectivity index (χ4n) is 2.46. The second-order valence-corrected chi connectivity index (χ2v) is 5.59. The topological polar surface area (TPSA) is 41.1 Å². The fraction of sp³-hybridized carbons (Fsp3) is 0.562. The van der Waals surface area contributed by atoms with Gasteiger partial charge in [-0.05, 0) is 30.4 Å². The molecule has 1 amide bonds. The summed E-state index contributed by atoms with van der Waals surface area (Å²) in [6.07, 6.45) is 1.87. The maximum atomic E-state index is 12.3. The summed E-state index contributed by atoms with van der Waals surface area (Å²) < 4.78 is 0. The Balaban J connectivity index is 1.95. The Morgan fingerprint density at radius 1 is 1.37 bits per heavy atom. The summed E-state index contributed by atoms with van der Waals surface area (Å²) in [5, 5.41) is 6.45. The van der Waals surface area contributed by atoms with Gasteiger partial charge in [-0.2, -0.15) is 0 Å². The Bertz CT molecular complexity index is 444. The number of carbonyl (C=O) groups is 1. The van der Waals surface area contributed by atoms with Crippen LogP contribution in [-0.4, -0.2) is 18.0 Å². The standard InChI is InChI=1S/C16H24N2O/c1-4-11(2)12(3)18-16(19)15-9-13-7-5-6-8-14(13)10-17-15/h5-8,11-12,15,17H,4,9-10H2,1-3H3,(H,18,19)/t11?,12?,15-/m0/s1. The van der Waals surface area contributed by atoms with Crippen LogP contribution in [0, 0.1) is 5.92 Å². The van der Waals surface area contributed by atoms with Crippen molar-refractivity contribution in [2.24, 2.45) is 5.92 Å². The molecule has 0 bridgehead atoms. The first-order valence-electron chi connectivity index (χ1n) is 7.22. The maximum absolute atomic E-state index is 12.3. The highest BCUT2D eigenvalue weighted by Gasteiger charge is 2.25. The van der Waals surface area contributed by atoms with Crippen molar-refractivity contribution in [3.63, 3.8) is 0 Å². The zero-order valence-electron chi connectivity index (χ0n) is 12.1. The Hall–Kier alpha value is -1.35. The molecule has 0 saturated heterocycles. The van der Waals surface area contributed by atoms with Gasteiger partial charge in [-0.25, -0.2) is 0 Å². The summed E-state index contributed by atoms with van der Waals surface area (Å²) in [6.45, 7) is 7.20. The minimum atomic E-state index is -0.0959. The predicted molar refractivity (Wildman–Crippen MR) is 77.8 cm³/mol. The predicted octanol–water partition coefficient (Wildman–Crippen LogP) is 2.25. The number of benzene rings is 1. The van der Waals surface area contributed by atoms with Crippen LogP contribution < -0.4 is 10.6 Å². The zero-order chi connectivity index (χ0) is 13.8. The second kappa shape index (κ2) is 6.20. The lowest BCUT2D eigenvalue weighted by Gasteiger charge is -2.28. The molecule has 0 fully saturated rings. The highest BCUT2D eigenvalue weighted by atomic mass is 16.2. The van der Waals surface area contributed by atoms with E-state index in [9.17, 15) is 4.79 Å². The minimum Gasteiger partial charge on any atom is -0.352 e. The van der Waals surface area contributed by atoms with E-state index in [2.05, 4.69) is 43.5 Å². The summed E-state index contributed by atoms with van der Waals surface area (Å²) in [4.78, 5) is 12.3. The van der Waals surface area contributed by atoms with Crippen molar-refractivity contribution in [1.82, 2.24) is 10.6 Å². The van der Waals surface area contributed by atoms with Crippen LogP contribution in [0.1, 0.15) is 38.3 Å². The summed E-state index contributed by atoms with van der Waals surface area (Å²) >= 11 is 0. The molecular formula is C16H24N2O. The van der Waals surface area contributed by atoms with E-state index in [1.54, 1.807) is 0 Å². The number of hydrogen-bond donors (Lipinski definition) is 2. The molecule has 2 N–H and O–H groups in total. The molecule has 0 aromatic heterocycles. The SMILES string of the molecule is CCC(C)C(C)NC(=O)[C@@H]1Cc2ccccc2CN1. The third-order valence-corrected chi connectivity index (χ3v) is 4.27. The van der Waals surface area contributed by atoms with Gasteiger partial charge in [0, 0.05) is 12.6 Å². The molecule has 104 valence electrons.